The van der Waals surface area contributed by atoms with Crippen LogP contribution in [0.1, 0.15) is 45.2 Å². The molecule has 0 unspecified atom stereocenters. The highest BCUT2D eigenvalue weighted by atomic mass is 32.1. The van der Waals surface area contributed by atoms with Crippen molar-refractivity contribution in [3.05, 3.63) is 29.0 Å². The molecule has 2 aromatic rings. The molecule has 0 saturated heterocycles. The second-order valence-corrected chi connectivity index (χ2v) is 7.14. The normalized spacial score (nSPS) is 13.0. The lowest BCUT2D eigenvalue weighted by atomic mass is 9.87. The van der Waals surface area contributed by atoms with Gasteiger partial charge in [0, 0.05) is 15.8 Å². The van der Waals surface area contributed by atoms with Gasteiger partial charge < -0.3 is 10.2 Å². The second-order valence-electron chi connectivity index (χ2n) is 6.15. The molecule has 0 amide bonds. The maximum Gasteiger partial charge on any atom is 0.162 e. The highest BCUT2D eigenvalue weighted by Gasteiger charge is 2.30. The van der Waals surface area contributed by atoms with Gasteiger partial charge in [-0.3, -0.25) is 0 Å². The van der Waals surface area contributed by atoms with Crippen molar-refractivity contribution >= 4 is 11.3 Å². The van der Waals surface area contributed by atoms with Crippen molar-refractivity contribution in [1.82, 2.24) is 4.98 Å². The summed E-state index contributed by atoms with van der Waals surface area (Å²) < 4.78 is 5.42. The second kappa shape index (κ2) is 4.21. The van der Waals surface area contributed by atoms with Gasteiger partial charge in [-0.1, -0.05) is 20.8 Å². The van der Waals surface area contributed by atoms with Crippen molar-refractivity contribution in [3.63, 3.8) is 0 Å². The maximum absolute atomic E-state index is 6.26. The zero-order valence-corrected chi connectivity index (χ0v) is 12.4. The molecule has 0 atom stereocenters. The van der Waals surface area contributed by atoms with Crippen LogP contribution in [-0.2, 0) is 11.0 Å². The molecule has 2 rings (SSSR count). The van der Waals surface area contributed by atoms with Crippen molar-refractivity contribution in [2.75, 3.05) is 0 Å². The third kappa shape index (κ3) is 2.49. The van der Waals surface area contributed by atoms with Crippen LogP contribution in [0.15, 0.2) is 22.8 Å². The number of aromatic nitrogens is 1. The van der Waals surface area contributed by atoms with Gasteiger partial charge >= 0.3 is 0 Å². The quantitative estimate of drug-likeness (QED) is 0.895. The molecule has 0 aromatic carbocycles. The summed E-state index contributed by atoms with van der Waals surface area (Å²) in [6, 6.07) is 3.80. The summed E-state index contributed by atoms with van der Waals surface area (Å²) in [6.07, 6.45) is 1.67. The van der Waals surface area contributed by atoms with E-state index in [4.69, 9.17) is 15.1 Å². The summed E-state index contributed by atoms with van der Waals surface area (Å²) in [5, 5.41) is 0.901. The summed E-state index contributed by atoms with van der Waals surface area (Å²) in [4.78, 5) is 5.86. The third-order valence-corrected chi connectivity index (χ3v) is 4.06. The van der Waals surface area contributed by atoms with Crippen LogP contribution in [0.3, 0.4) is 0 Å². The summed E-state index contributed by atoms with van der Waals surface area (Å²) in [6.45, 7) is 10.5. The number of hydrogen-bond donors (Lipinski definition) is 1. The van der Waals surface area contributed by atoms with E-state index in [9.17, 15) is 0 Å². The topological polar surface area (TPSA) is 52.0 Å². The van der Waals surface area contributed by atoms with E-state index in [1.54, 1.807) is 17.6 Å². The molecule has 3 nitrogen and oxygen atoms in total. The van der Waals surface area contributed by atoms with Crippen molar-refractivity contribution in [2.24, 2.45) is 5.73 Å². The minimum absolute atomic E-state index is 0.0205. The van der Waals surface area contributed by atoms with E-state index in [0.717, 1.165) is 21.3 Å². The molecule has 0 radical (unpaired) electrons. The Morgan fingerprint density at radius 3 is 2.28 bits per heavy atom. The molecule has 4 heteroatoms. The molecule has 2 aromatic heterocycles. The molecule has 0 spiro atoms. The van der Waals surface area contributed by atoms with Gasteiger partial charge in [0.05, 0.1) is 12.0 Å². The van der Waals surface area contributed by atoms with E-state index in [1.807, 2.05) is 26.0 Å². The lowest BCUT2D eigenvalue weighted by molar-refractivity contribution is 0.511. The largest absolute Gasteiger partial charge is 0.462 e. The smallest absolute Gasteiger partial charge is 0.162 e. The Morgan fingerprint density at radius 2 is 1.89 bits per heavy atom. The molecule has 98 valence electrons. The van der Waals surface area contributed by atoms with Gasteiger partial charge in [0.2, 0.25) is 0 Å². The van der Waals surface area contributed by atoms with Gasteiger partial charge in [0.1, 0.15) is 0 Å². The average Bonchev–Trinajstić information content (AvgIpc) is 2.84. The van der Waals surface area contributed by atoms with Gasteiger partial charge in [-0.05, 0) is 26.0 Å². The van der Waals surface area contributed by atoms with Crippen LogP contribution in [0, 0.1) is 0 Å². The Balaban J connectivity index is 2.59. The minimum atomic E-state index is -0.384. The zero-order valence-electron chi connectivity index (χ0n) is 11.6. The first-order valence-electron chi connectivity index (χ1n) is 6.04. The zero-order chi connectivity index (χ0) is 13.6. The summed E-state index contributed by atoms with van der Waals surface area (Å²) >= 11 is 1.62. The van der Waals surface area contributed by atoms with E-state index in [0.29, 0.717) is 0 Å². The molecular formula is C14H20N2OS. The molecule has 0 bridgehead atoms. The van der Waals surface area contributed by atoms with Crippen molar-refractivity contribution in [3.8, 4) is 10.8 Å². The predicted octanol–water partition coefficient (Wildman–Crippen LogP) is 3.89. The Bertz CT molecular complexity index is 496. The summed E-state index contributed by atoms with van der Waals surface area (Å²) in [5.41, 5.74) is 6.92. The van der Waals surface area contributed by atoms with Crippen LogP contribution < -0.4 is 5.73 Å². The maximum atomic E-state index is 6.26. The molecule has 2 heterocycles. The van der Waals surface area contributed by atoms with Crippen LogP contribution in [0.5, 0.6) is 0 Å². The predicted molar refractivity (Wildman–Crippen MR) is 75.7 cm³/mol. The summed E-state index contributed by atoms with van der Waals surface area (Å²) in [5.74, 6) is 0.806. The van der Waals surface area contributed by atoms with Crippen LogP contribution in [0.2, 0.25) is 0 Å². The highest BCUT2D eigenvalue weighted by Crippen LogP contribution is 2.39. The Kier molecular flexibility index (Phi) is 3.11. The van der Waals surface area contributed by atoms with Crippen molar-refractivity contribution in [2.45, 2.75) is 45.6 Å². The number of rotatable bonds is 2. The molecule has 0 aliphatic heterocycles. The fourth-order valence-electron chi connectivity index (χ4n) is 1.77. The molecule has 18 heavy (non-hydrogen) atoms. The monoisotopic (exact) mass is 264 g/mol. The van der Waals surface area contributed by atoms with Gasteiger partial charge in [0.25, 0.3) is 0 Å². The molecule has 0 aliphatic carbocycles. The SMILES string of the molecule is CC(C)(C)c1nc(-c2ccco2)sc1C(C)(C)N. The van der Waals surface area contributed by atoms with Gasteiger partial charge in [-0.2, -0.15) is 0 Å². The van der Waals surface area contributed by atoms with E-state index in [-0.39, 0.29) is 11.0 Å². The van der Waals surface area contributed by atoms with Crippen LogP contribution >= 0.6 is 11.3 Å². The molecule has 0 fully saturated rings. The standard InChI is InChI=1S/C14H20N2OS/c1-13(2,3)10-11(14(4,5)15)18-12(16-10)9-7-6-8-17-9/h6-8H,15H2,1-5H3. The fraction of sp³-hybridized carbons (Fsp3) is 0.500. The van der Waals surface area contributed by atoms with Crippen molar-refractivity contribution < 1.29 is 4.42 Å². The lowest BCUT2D eigenvalue weighted by Crippen LogP contribution is -2.31. The number of nitrogens with two attached hydrogens (primary N) is 1. The number of thiazole rings is 1. The van der Waals surface area contributed by atoms with Gasteiger partial charge in [-0.15, -0.1) is 11.3 Å². The minimum Gasteiger partial charge on any atom is -0.462 e. The highest BCUT2D eigenvalue weighted by molar-refractivity contribution is 7.15. The Morgan fingerprint density at radius 1 is 1.22 bits per heavy atom. The Hall–Kier alpha value is -1.13. The summed E-state index contributed by atoms with van der Waals surface area (Å²) in [7, 11) is 0. The van der Waals surface area contributed by atoms with Crippen LogP contribution in [0.25, 0.3) is 10.8 Å². The molecule has 2 N–H and O–H groups in total. The van der Waals surface area contributed by atoms with E-state index >= 15 is 0 Å². The van der Waals surface area contributed by atoms with E-state index in [2.05, 4.69) is 20.8 Å². The van der Waals surface area contributed by atoms with Crippen molar-refractivity contribution in [1.29, 1.82) is 0 Å². The first-order valence-corrected chi connectivity index (χ1v) is 6.86. The number of hydrogen-bond acceptors (Lipinski definition) is 4. The first-order chi connectivity index (χ1) is 8.19. The van der Waals surface area contributed by atoms with E-state index in [1.165, 1.54) is 0 Å². The fourth-order valence-corrected chi connectivity index (χ4v) is 3.03. The first kappa shape index (κ1) is 13.3. The van der Waals surface area contributed by atoms with E-state index < -0.39 is 0 Å². The third-order valence-electron chi connectivity index (χ3n) is 2.65. The Labute approximate surface area is 112 Å². The average molecular weight is 264 g/mol. The van der Waals surface area contributed by atoms with Gasteiger partial charge in [-0.25, -0.2) is 4.98 Å². The van der Waals surface area contributed by atoms with Crippen LogP contribution in [-0.4, -0.2) is 4.98 Å². The van der Waals surface area contributed by atoms with Crippen LogP contribution in [0.4, 0.5) is 0 Å². The molecule has 0 saturated carbocycles. The number of nitrogens with zero attached hydrogens (tertiary/aromatic N) is 1. The molecular weight excluding hydrogens is 244 g/mol. The van der Waals surface area contributed by atoms with Gasteiger partial charge in [0.15, 0.2) is 10.8 Å². The lowest BCUT2D eigenvalue weighted by Gasteiger charge is -2.24. The molecule has 0 aliphatic rings. The number of furan rings is 1.